The Morgan fingerprint density at radius 1 is 0.351 bits per heavy atom. The fourth-order valence-corrected chi connectivity index (χ4v) is 3.79. The van der Waals surface area contributed by atoms with E-state index in [9.17, 15) is 0 Å². The third-order valence-electron chi connectivity index (χ3n) is 5.43. The van der Waals surface area contributed by atoms with Gasteiger partial charge in [-0.2, -0.15) is 0 Å². The molecule has 0 bridgehead atoms. The summed E-state index contributed by atoms with van der Waals surface area (Å²) < 4.78 is 0. The topological polar surface area (TPSA) is 77.3 Å². The van der Waals surface area contributed by atoms with Crippen LogP contribution in [0.3, 0.4) is 0 Å². The van der Waals surface area contributed by atoms with E-state index in [1.807, 2.05) is 97.6 Å². The summed E-state index contributed by atoms with van der Waals surface area (Å²) in [5.74, 6) is 0. The van der Waals surface area contributed by atoms with Gasteiger partial charge in [0.25, 0.3) is 0 Å². The van der Waals surface area contributed by atoms with Gasteiger partial charge in [-0.1, -0.05) is 24.3 Å². The third-order valence-corrected chi connectivity index (χ3v) is 5.43. The monoisotopic (exact) mass is 522 g/mol. The van der Waals surface area contributed by atoms with Gasteiger partial charge in [-0.05, 0) is 48.5 Å². The molecule has 6 aromatic rings. The van der Waals surface area contributed by atoms with Crippen molar-refractivity contribution in [3.05, 3.63) is 135 Å². The molecule has 0 radical (unpaired) electrons. The number of pyridine rings is 6. The van der Waals surface area contributed by atoms with Gasteiger partial charge in [-0.3, -0.25) is 29.9 Å². The summed E-state index contributed by atoms with van der Waals surface area (Å²) in [6.45, 7) is 0. The predicted molar refractivity (Wildman–Crippen MR) is 141 cm³/mol. The molecule has 37 heavy (non-hydrogen) atoms. The van der Waals surface area contributed by atoms with Crippen molar-refractivity contribution in [1.82, 2.24) is 29.9 Å². The molecule has 0 saturated heterocycles. The molecule has 0 spiro atoms. The molecule has 0 unspecified atom stereocenters. The molecule has 0 aromatic carbocycles. The van der Waals surface area contributed by atoms with Gasteiger partial charge < -0.3 is 0 Å². The minimum absolute atomic E-state index is 0. The molecule has 6 heterocycles. The maximum absolute atomic E-state index is 4.46. The van der Waals surface area contributed by atoms with Gasteiger partial charge in [0.05, 0.1) is 11.4 Å². The molecule has 0 amide bonds. The summed E-state index contributed by atoms with van der Waals surface area (Å²) in [5, 5.41) is 0. The standard InChI is InChI=1S/2C15H11N3.Fe/c2*1-4-12(10-16-7-1)14-6-3-9-18-15(14)13-5-2-8-17-11-13;/h2*1-11H;. The zero-order chi connectivity index (χ0) is 24.4. The molecule has 0 atom stereocenters. The fraction of sp³-hybridized carbons (Fsp3) is 0. The largest absolute Gasteiger partial charge is 0.264 e. The Hall–Kier alpha value is -4.58. The SMILES string of the molecule is [Fe].c1cncc(-c2cccnc2-c2cccnc2)c1.c1cncc(-c2cccnc2-c2cccnc2)c1. The van der Waals surface area contributed by atoms with Crippen LogP contribution in [0, 0.1) is 0 Å². The Bertz CT molecular complexity index is 1280. The predicted octanol–water partition coefficient (Wildman–Crippen LogP) is 6.41. The second-order valence-electron chi connectivity index (χ2n) is 7.77. The van der Waals surface area contributed by atoms with Gasteiger partial charge in [0.15, 0.2) is 0 Å². The molecule has 7 heteroatoms. The first-order valence-corrected chi connectivity index (χ1v) is 11.4. The molecular weight excluding hydrogens is 500 g/mol. The van der Waals surface area contributed by atoms with Crippen molar-refractivity contribution in [2.45, 2.75) is 0 Å². The molecule has 0 fully saturated rings. The van der Waals surface area contributed by atoms with Crippen molar-refractivity contribution in [3.8, 4) is 44.8 Å². The summed E-state index contributed by atoms with van der Waals surface area (Å²) in [5.41, 5.74) is 8.14. The summed E-state index contributed by atoms with van der Waals surface area (Å²) in [4.78, 5) is 25.5. The van der Waals surface area contributed by atoms with Crippen LogP contribution in [0.5, 0.6) is 0 Å². The van der Waals surface area contributed by atoms with Crippen molar-refractivity contribution in [2.24, 2.45) is 0 Å². The first-order valence-electron chi connectivity index (χ1n) is 11.4. The van der Waals surface area contributed by atoms with Crippen LogP contribution in [0.2, 0.25) is 0 Å². The molecule has 0 N–H and O–H groups in total. The zero-order valence-electron chi connectivity index (χ0n) is 19.7. The summed E-state index contributed by atoms with van der Waals surface area (Å²) in [6.07, 6.45) is 18.0. The van der Waals surface area contributed by atoms with E-state index in [0.717, 1.165) is 44.8 Å². The molecule has 6 aromatic heterocycles. The first-order chi connectivity index (χ1) is 17.9. The maximum atomic E-state index is 4.46. The Balaban J connectivity index is 0.000000168. The van der Waals surface area contributed by atoms with Gasteiger partial charge >= 0.3 is 0 Å². The average molecular weight is 522 g/mol. The molecular formula is C30H22FeN6. The zero-order valence-corrected chi connectivity index (χ0v) is 20.8. The smallest absolute Gasteiger partial charge is 0.0796 e. The van der Waals surface area contributed by atoms with Crippen LogP contribution >= 0.6 is 0 Å². The van der Waals surface area contributed by atoms with E-state index < -0.39 is 0 Å². The van der Waals surface area contributed by atoms with Gasteiger partial charge in [0.1, 0.15) is 0 Å². The third kappa shape index (κ3) is 6.35. The van der Waals surface area contributed by atoms with E-state index in [1.54, 1.807) is 37.2 Å². The minimum atomic E-state index is 0. The van der Waals surface area contributed by atoms with Crippen molar-refractivity contribution in [1.29, 1.82) is 0 Å². The number of nitrogens with zero attached hydrogens (tertiary/aromatic N) is 6. The van der Waals surface area contributed by atoms with E-state index >= 15 is 0 Å². The van der Waals surface area contributed by atoms with Crippen LogP contribution in [0.25, 0.3) is 44.8 Å². The normalized spacial score (nSPS) is 9.95. The van der Waals surface area contributed by atoms with E-state index in [1.165, 1.54) is 0 Å². The number of rotatable bonds is 4. The average Bonchev–Trinajstić information content (AvgIpc) is 2.99. The molecule has 0 aliphatic carbocycles. The maximum Gasteiger partial charge on any atom is 0.0796 e. The Morgan fingerprint density at radius 3 is 1.00 bits per heavy atom. The Labute approximate surface area is 226 Å². The molecule has 6 nitrogen and oxygen atoms in total. The molecule has 0 aliphatic rings. The van der Waals surface area contributed by atoms with Crippen LogP contribution in [-0.2, 0) is 17.1 Å². The summed E-state index contributed by atoms with van der Waals surface area (Å²) in [6, 6.07) is 23.7. The minimum Gasteiger partial charge on any atom is -0.264 e. The van der Waals surface area contributed by atoms with E-state index in [-0.39, 0.29) is 17.1 Å². The van der Waals surface area contributed by atoms with Crippen LogP contribution in [-0.4, -0.2) is 29.9 Å². The molecule has 180 valence electrons. The van der Waals surface area contributed by atoms with Gasteiger partial charge in [0.2, 0.25) is 0 Å². The van der Waals surface area contributed by atoms with Crippen molar-refractivity contribution >= 4 is 0 Å². The van der Waals surface area contributed by atoms with Crippen molar-refractivity contribution in [3.63, 3.8) is 0 Å². The van der Waals surface area contributed by atoms with Crippen molar-refractivity contribution in [2.75, 3.05) is 0 Å². The first kappa shape index (κ1) is 25.5. The molecule has 6 rings (SSSR count). The number of hydrogen-bond donors (Lipinski definition) is 0. The quantitative estimate of drug-likeness (QED) is 0.249. The molecule has 0 aliphatic heterocycles. The van der Waals surface area contributed by atoms with Gasteiger partial charge in [0, 0.05) is 112 Å². The van der Waals surface area contributed by atoms with Crippen LogP contribution in [0.15, 0.2) is 135 Å². The fourth-order valence-electron chi connectivity index (χ4n) is 3.79. The van der Waals surface area contributed by atoms with Gasteiger partial charge in [-0.15, -0.1) is 0 Å². The number of hydrogen-bond acceptors (Lipinski definition) is 6. The Kier molecular flexibility index (Phi) is 8.91. The van der Waals surface area contributed by atoms with Crippen LogP contribution in [0.1, 0.15) is 0 Å². The van der Waals surface area contributed by atoms with Crippen LogP contribution in [0.4, 0.5) is 0 Å². The van der Waals surface area contributed by atoms with E-state index in [4.69, 9.17) is 0 Å². The summed E-state index contributed by atoms with van der Waals surface area (Å²) in [7, 11) is 0. The van der Waals surface area contributed by atoms with Crippen LogP contribution < -0.4 is 0 Å². The van der Waals surface area contributed by atoms with Crippen molar-refractivity contribution < 1.29 is 17.1 Å². The van der Waals surface area contributed by atoms with E-state index in [2.05, 4.69) is 29.9 Å². The second kappa shape index (κ2) is 12.9. The summed E-state index contributed by atoms with van der Waals surface area (Å²) >= 11 is 0. The Morgan fingerprint density at radius 2 is 0.676 bits per heavy atom. The second-order valence-corrected chi connectivity index (χ2v) is 7.77. The molecule has 0 saturated carbocycles. The number of aromatic nitrogens is 6. The van der Waals surface area contributed by atoms with Gasteiger partial charge in [-0.25, -0.2) is 0 Å². The van der Waals surface area contributed by atoms with E-state index in [0.29, 0.717) is 0 Å².